The van der Waals surface area contributed by atoms with E-state index in [1.54, 1.807) is 0 Å². The summed E-state index contributed by atoms with van der Waals surface area (Å²) in [4.78, 5) is 35.4. The van der Waals surface area contributed by atoms with Gasteiger partial charge in [0.2, 0.25) is 0 Å². The Balaban J connectivity index is 4.52. The Morgan fingerprint density at radius 3 is 1.49 bits per heavy atom. The maximum atomic E-state index is 12.7. The number of esters is 2. The third kappa shape index (κ3) is 44.3. The number of aliphatic hydroxyl groups excluding tert-OH is 1. The van der Waals surface area contributed by atoms with Gasteiger partial charge in [0.15, 0.2) is 6.10 Å². The second-order valence-corrected chi connectivity index (χ2v) is 16.9. The van der Waals surface area contributed by atoms with Gasteiger partial charge in [-0.25, -0.2) is 4.57 Å². The molecule has 0 spiro atoms. The van der Waals surface area contributed by atoms with Crippen molar-refractivity contribution in [2.24, 2.45) is 0 Å². The zero-order chi connectivity index (χ0) is 43.6. The molecule has 0 saturated carbocycles. The molecule has 0 aliphatic heterocycles. The number of rotatable bonds is 39. The van der Waals surface area contributed by atoms with Crippen molar-refractivity contribution in [3.63, 3.8) is 0 Å². The predicted octanol–water partition coefficient (Wildman–Crippen LogP) is 11.5. The Labute approximate surface area is 358 Å². The molecule has 1 unspecified atom stereocenters. The molecule has 336 valence electrons. The van der Waals surface area contributed by atoms with E-state index in [1.165, 1.54) is 0 Å². The van der Waals surface area contributed by atoms with Crippen LogP contribution in [0.3, 0.4) is 0 Å². The highest BCUT2D eigenvalue weighted by molar-refractivity contribution is 7.47. The van der Waals surface area contributed by atoms with E-state index in [4.69, 9.17) is 23.6 Å². The molecule has 11 heteroatoms. The number of phosphoric acid groups is 1. The van der Waals surface area contributed by atoms with Crippen LogP contribution in [-0.2, 0) is 32.7 Å². The lowest BCUT2D eigenvalue weighted by atomic mass is 10.1. The molecule has 0 amide bonds. The van der Waals surface area contributed by atoms with Crippen LogP contribution in [0.15, 0.2) is 97.2 Å². The number of ether oxygens (including phenoxy) is 2. The Morgan fingerprint density at radius 1 is 0.559 bits per heavy atom. The number of likely N-dealkylation sites (N-methyl/N-ethyl adjacent to an activating group) is 1. The Bertz CT molecular complexity index is 1320. The largest absolute Gasteiger partial charge is 0.472 e. The van der Waals surface area contributed by atoms with Crippen molar-refractivity contribution < 1.29 is 47.2 Å². The second kappa shape index (κ2) is 40.3. The van der Waals surface area contributed by atoms with E-state index in [-0.39, 0.29) is 32.7 Å². The number of hydrogen-bond acceptors (Lipinski definition) is 8. The summed E-state index contributed by atoms with van der Waals surface area (Å²) in [5.74, 6) is -0.917. The molecule has 0 heterocycles. The van der Waals surface area contributed by atoms with Crippen LogP contribution in [0.2, 0.25) is 0 Å². The van der Waals surface area contributed by atoms with Gasteiger partial charge in [0.05, 0.1) is 27.7 Å². The first-order valence-electron chi connectivity index (χ1n) is 22.1. The molecule has 0 rings (SSSR count). The standard InChI is InChI=1S/C48H80NO9P/c1-5-6-7-8-9-10-11-12-13-15-18-21-24-27-30-33-36-39-47(51)55-44-46(45-57-59(53,54)56-43-41-49(2,3)4)58-48(52)40-37-34-31-28-25-22-19-16-14-17-20-23-26-29-32-35-38-42-50/h6-7,9-10,12-14,17-19,21-23,26,28,31,46,50H,5,8,11,15-16,20,24-25,27,29-30,32-45H2,1-4H3/p+1/b7-6-,10-9-,13-12-,17-14-,21-18-,22-19-,26-23-,31-28-/t46-/m1/s1. The van der Waals surface area contributed by atoms with Gasteiger partial charge in [0.1, 0.15) is 19.8 Å². The first-order chi connectivity index (χ1) is 28.5. The monoisotopic (exact) mass is 847 g/mol. The highest BCUT2D eigenvalue weighted by Crippen LogP contribution is 2.43. The molecule has 59 heavy (non-hydrogen) atoms. The summed E-state index contributed by atoms with van der Waals surface area (Å²) in [7, 11) is 1.39. The summed E-state index contributed by atoms with van der Waals surface area (Å²) in [5, 5.41) is 8.80. The fourth-order valence-corrected chi connectivity index (χ4v) is 5.95. The van der Waals surface area contributed by atoms with Crippen LogP contribution in [0.1, 0.15) is 135 Å². The van der Waals surface area contributed by atoms with Crippen molar-refractivity contribution in [3.05, 3.63) is 97.2 Å². The van der Waals surface area contributed by atoms with E-state index >= 15 is 0 Å². The second-order valence-electron chi connectivity index (χ2n) is 15.4. The van der Waals surface area contributed by atoms with Gasteiger partial charge in [-0.2, -0.15) is 0 Å². The molecule has 0 bridgehead atoms. The van der Waals surface area contributed by atoms with Gasteiger partial charge in [-0.1, -0.05) is 123 Å². The minimum absolute atomic E-state index is 0.00650. The zero-order valence-electron chi connectivity index (χ0n) is 37.1. The molecular formula is C48H81NO9P+. The minimum atomic E-state index is -4.41. The molecular weight excluding hydrogens is 765 g/mol. The van der Waals surface area contributed by atoms with Crippen molar-refractivity contribution in [1.82, 2.24) is 0 Å². The first-order valence-corrected chi connectivity index (χ1v) is 23.6. The van der Waals surface area contributed by atoms with Gasteiger partial charge >= 0.3 is 19.8 Å². The number of aliphatic hydroxyl groups is 1. The SMILES string of the molecule is CC/C=C\C/C=C\C/C=C\C/C=C\CCCCCCC(=O)OC[C@H](COP(=O)(O)OCC[N+](C)(C)C)OC(=O)CCC/C=C\C/C=C\C/C=C\C/C=C\CCCCCO. The van der Waals surface area contributed by atoms with Crippen LogP contribution in [0.4, 0.5) is 0 Å². The molecule has 0 saturated heterocycles. The van der Waals surface area contributed by atoms with Crippen molar-refractivity contribution in [3.8, 4) is 0 Å². The van der Waals surface area contributed by atoms with Crippen molar-refractivity contribution in [2.45, 2.75) is 141 Å². The number of allylic oxidation sites excluding steroid dienone is 16. The third-order valence-electron chi connectivity index (χ3n) is 8.65. The minimum Gasteiger partial charge on any atom is -0.462 e. The highest BCUT2D eigenvalue weighted by Gasteiger charge is 2.27. The van der Waals surface area contributed by atoms with E-state index < -0.39 is 32.5 Å². The van der Waals surface area contributed by atoms with Crippen LogP contribution in [0.25, 0.3) is 0 Å². The molecule has 0 radical (unpaired) electrons. The van der Waals surface area contributed by atoms with Crippen molar-refractivity contribution >= 4 is 19.8 Å². The zero-order valence-corrected chi connectivity index (χ0v) is 38.0. The smallest absolute Gasteiger partial charge is 0.462 e. The summed E-state index contributed by atoms with van der Waals surface area (Å²) in [6, 6.07) is 0. The van der Waals surface area contributed by atoms with E-state index in [1.807, 2.05) is 27.2 Å². The predicted molar refractivity (Wildman–Crippen MR) is 244 cm³/mol. The number of hydrogen-bond donors (Lipinski definition) is 2. The number of quaternary nitrogens is 1. The molecule has 2 N–H and O–H groups in total. The maximum Gasteiger partial charge on any atom is 0.472 e. The summed E-state index contributed by atoms with van der Waals surface area (Å²) >= 11 is 0. The Kier molecular flexibility index (Phi) is 38.2. The number of phosphoric ester groups is 1. The molecule has 0 aliphatic rings. The summed E-state index contributed by atoms with van der Waals surface area (Å²) in [6.07, 6.45) is 50.5. The van der Waals surface area contributed by atoms with E-state index in [9.17, 15) is 19.0 Å². The van der Waals surface area contributed by atoms with Crippen LogP contribution in [0.5, 0.6) is 0 Å². The molecule has 0 aromatic carbocycles. The van der Waals surface area contributed by atoms with E-state index in [0.29, 0.717) is 30.3 Å². The Hall–Kier alpha value is -3.11. The van der Waals surface area contributed by atoms with Gasteiger partial charge in [0.25, 0.3) is 0 Å². The molecule has 0 aromatic heterocycles. The quantitative estimate of drug-likeness (QED) is 0.0204. The summed E-state index contributed by atoms with van der Waals surface area (Å²) in [5.41, 5.74) is 0. The van der Waals surface area contributed by atoms with Gasteiger partial charge < -0.3 is 24.0 Å². The lowest BCUT2D eigenvalue weighted by Gasteiger charge is -2.24. The summed E-state index contributed by atoms with van der Waals surface area (Å²) in [6.45, 7) is 2.18. The number of nitrogens with zero attached hydrogens (tertiary/aromatic N) is 1. The van der Waals surface area contributed by atoms with Crippen molar-refractivity contribution in [2.75, 3.05) is 54.1 Å². The number of carbonyl (C=O) groups is 2. The number of carbonyl (C=O) groups excluding carboxylic acids is 2. The normalized spacial score (nSPS) is 14.5. The summed E-state index contributed by atoms with van der Waals surface area (Å²) < 4.78 is 34.2. The molecule has 0 fully saturated rings. The van der Waals surface area contributed by atoms with Crippen molar-refractivity contribution in [1.29, 1.82) is 0 Å². The van der Waals surface area contributed by atoms with Gasteiger partial charge in [-0.15, -0.1) is 0 Å². The lowest BCUT2D eigenvalue weighted by molar-refractivity contribution is -0.870. The van der Waals surface area contributed by atoms with Crippen LogP contribution >= 0.6 is 7.82 Å². The van der Waals surface area contributed by atoms with Crippen LogP contribution < -0.4 is 0 Å². The molecule has 0 aromatic rings. The highest BCUT2D eigenvalue weighted by atomic mass is 31.2. The van der Waals surface area contributed by atoms with Crippen LogP contribution in [-0.4, -0.2) is 86.6 Å². The molecule has 0 aliphatic carbocycles. The average Bonchev–Trinajstić information content (AvgIpc) is 3.19. The number of unbranched alkanes of at least 4 members (excludes halogenated alkanes) is 8. The van der Waals surface area contributed by atoms with Gasteiger partial charge in [-0.3, -0.25) is 18.6 Å². The van der Waals surface area contributed by atoms with Gasteiger partial charge in [-0.05, 0) is 96.3 Å². The average molecular weight is 847 g/mol. The van der Waals surface area contributed by atoms with Gasteiger partial charge in [0, 0.05) is 19.4 Å². The molecule has 2 atom stereocenters. The van der Waals surface area contributed by atoms with E-state index in [0.717, 1.165) is 96.3 Å². The first kappa shape index (κ1) is 55.9. The third-order valence-corrected chi connectivity index (χ3v) is 9.64. The maximum absolute atomic E-state index is 12.7. The van der Waals surface area contributed by atoms with Crippen LogP contribution in [0, 0.1) is 0 Å². The topological polar surface area (TPSA) is 129 Å². The molecule has 10 nitrogen and oxygen atoms in total. The van der Waals surface area contributed by atoms with E-state index in [2.05, 4.69) is 98.1 Å². The fourth-order valence-electron chi connectivity index (χ4n) is 5.21. The lowest BCUT2D eigenvalue weighted by Crippen LogP contribution is -2.37. The Morgan fingerprint density at radius 2 is 1.00 bits per heavy atom. The fraction of sp³-hybridized carbons (Fsp3) is 0.625.